The molecule has 0 atom stereocenters. The molecule has 126 valence electrons. The van der Waals surface area contributed by atoms with Crippen molar-refractivity contribution in [3.8, 4) is 11.4 Å². The Morgan fingerprint density at radius 1 is 1.00 bits per heavy atom. The number of aromatic nitrogens is 3. The van der Waals surface area contributed by atoms with Gasteiger partial charge in [0, 0.05) is 23.7 Å². The van der Waals surface area contributed by atoms with Gasteiger partial charge < -0.3 is 10.3 Å². The molecule has 0 fully saturated rings. The van der Waals surface area contributed by atoms with Gasteiger partial charge in [-0.2, -0.15) is 0 Å². The minimum Gasteiger partial charge on any atom is -0.357 e. The van der Waals surface area contributed by atoms with Crippen molar-refractivity contribution in [3.05, 3.63) is 71.7 Å². The lowest BCUT2D eigenvalue weighted by molar-refractivity contribution is 0.628. The van der Waals surface area contributed by atoms with E-state index < -0.39 is 0 Å². The molecule has 0 unspecified atom stereocenters. The van der Waals surface area contributed by atoms with Crippen LogP contribution in [0.25, 0.3) is 22.4 Å². The summed E-state index contributed by atoms with van der Waals surface area (Å²) in [5, 5.41) is 3.37. The van der Waals surface area contributed by atoms with Crippen LogP contribution < -0.4 is 5.32 Å². The highest BCUT2D eigenvalue weighted by atomic mass is 19.1. The molecule has 4 aromatic rings. The fourth-order valence-corrected chi connectivity index (χ4v) is 3.08. The van der Waals surface area contributed by atoms with E-state index in [1.807, 2.05) is 24.5 Å². The van der Waals surface area contributed by atoms with Gasteiger partial charge in [-0.15, -0.1) is 0 Å². The van der Waals surface area contributed by atoms with E-state index in [9.17, 15) is 4.39 Å². The van der Waals surface area contributed by atoms with Gasteiger partial charge in [-0.05, 0) is 53.6 Å². The van der Waals surface area contributed by atoms with Crippen LogP contribution in [0.1, 0.15) is 11.1 Å². The Morgan fingerprint density at radius 2 is 1.88 bits per heavy atom. The number of benzene rings is 2. The van der Waals surface area contributed by atoms with Gasteiger partial charge in [-0.1, -0.05) is 6.07 Å². The number of fused-ring (bicyclic) bond motifs is 2. The van der Waals surface area contributed by atoms with Crippen LogP contribution in [0.2, 0.25) is 0 Å². The van der Waals surface area contributed by atoms with Crippen molar-refractivity contribution in [2.24, 2.45) is 4.99 Å². The lowest BCUT2D eigenvalue weighted by Crippen LogP contribution is -2.00. The summed E-state index contributed by atoms with van der Waals surface area (Å²) in [5.74, 6) is 0.936. The highest BCUT2D eigenvalue weighted by molar-refractivity contribution is 5.91. The molecule has 2 aromatic heterocycles. The van der Waals surface area contributed by atoms with Gasteiger partial charge in [-0.25, -0.2) is 14.4 Å². The largest absolute Gasteiger partial charge is 0.357 e. The van der Waals surface area contributed by atoms with Crippen LogP contribution in [0.3, 0.4) is 0 Å². The van der Waals surface area contributed by atoms with E-state index in [1.165, 1.54) is 17.7 Å². The minimum atomic E-state index is -0.283. The predicted molar refractivity (Wildman–Crippen MR) is 100 cm³/mol. The first-order valence-corrected chi connectivity index (χ1v) is 8.27. The molecule has 2 aromatic carbocycles. The zero-order chi connectivity index (χ0) is 17.5. The normalized spacial score (nSPS) is 12.5. The summed E-state index contributed by atoms with van der Waals surface area (Å²) >= 11 is 0. The molecule has 1 aliphatic heterocycles. The average Bonchev–Trinajstić information content (AvgIpc) is 3.30. The Bertz CT molecular complexity index is 1140. The van der Waals surface area contributed by atoms with Crippen molar-refractivity contribution < 1.29 is 4.39 Å². The second kappa shape index (κ2) is 5.77. The number of H-pyrrole nitrogens is 1. The predicted octanol–water partition coefficient (Wildman–Crippen LogP) is 4.44. The van der Waals surface area contributed by atoms with Crippen LogP contribution in [-0.4, -0.2) is 21.2 Å². The number of hydrogen-bond donors (Lipinski definition) is 2. The van der Waals surface area contributed by atoms with Crippen LogP contribution >= 0.6 is 0 Å². The van der Waals surface area contributed by atoms with E-state index >= 15 is 0 Å². The quantitative estimate of drug-likeness (QED) is 0.578. The highest BCUT2D eigenvalue weighted by Crippen LogP contribution is 2.28. The minimum absolute atomic E-state index is 0.283. The fourth-order valence-electron chi connectivity index (χ4n) is 3.08. The Labute approximate surface area is 148 Å². The molecular weight excluding hydrogens is 329 g/mol. The molecule has 2 N–H and O–H groups in total. The first kappa shape index (κ1) is 14.8. The third kappa shape index (κ3) is 2.52. The van der Waals surface area contributed by atoms with Gasteiger partial charge in [0.1, 0.15) is 11.3 Å². The van der Waals surface area contributed by atoms with E-state index in [4.69, 9.17) is 0 Å². The van der Waals surface area contributed by atoms with E-state index in [0.717, 1.165) is 34.4 Å². The van der Waals surface area contributed by atoms with Crippen LogP contribution in [0, 0.1) is 5.82 Å². The average molecular weight is 343 g/mol. The maximum atomic E-state index is 13.2. The van der Waals surface area contributed by atoms with Crippen LogP contribution in [-0.2, 0) is 6.54 Å². The molecule has 5 nitrogen and oxygen atoms in total. The number of anilines is 2. The molecule has 3 heterocycles. The van der Waals surface area contributed by atoms with Gasteiger partial charge in [0.25, 0.3) is 0 Å². The fraction of sp³-hybridized carbons (Fsp3) is 0.0500. The standard InChI is InChI=1S/C20H14FN5/c21-15-4-1-12(2-5-15)19-25-17-7-8-23-18(17)20(26-19)24-16-6-3-13-10-22-11-14(13)9-16/h1-9,11,23H,10H2,(H,24,25,26). The number of rotatable bonds is 3. The summed E-state index contributed by atoms with van der Waals surface area (Å²) < 4.78 is 13.2. The molecule has 0 amide bonds. The maximum absolute atomic E-state index is 13.2. The number of nitrogens with one attached hydrogen (secondary N) is 2. The van der Waals surface area contributed by atoms with E-state index in [2.05, 4.69) is 37.4 Å². The Balaban J connectivity index is 1.59. The topological polar surface area (TPSA) is 66.0 Å². The molecule has 0 saturated heterocycles. The van der Waals surface area contributed by atoms with E-state index in [1.54, 1.807) is 12.1 Å². The summed E-state index contributed by atoms with van der Waals surface area (Å²) in [6, 6.07) is 14.2. The number of aromatic amines is 1. The SMILES string of the molecule is Fc1ccc(-c2nc(Nc3ccc4c(c3)C=NC4)c3[nH]ccc3n2)cc1. The molecule has 0 aliphatic carbocycles. The van der Waals surface area contributed by atoms with Gasteiger partial charge in [-0.3, -0.25) is 4.99 Å². The van der Waals surface area contributed by atoms with Crippen LogP contribution in [0.4, 0.5) is 15.9 Å². The van der Waals surface area contributed by atoms with Crippen molar-refractivity contribution in [3.63, 3.8) is 0 Å². The van der Waals surface area contributed by atoms with Crippen molar-refractivity contribution in [2.75, 3.05) is 5.32 Å². The first-order chi connectivity index (χ1) is 12.8. The maximum Gasteiger partial charge on any atom is 0.162 e. The molecule has 0 bridgehead atoms. The number of hydrogen-bond acceptors (Lipinski definition) is 4. The highest BCUT2D eigenvalue weighted by Gasteiger charge is 2.12. The molecule has 0 spiro atoms. The smallest absolute Gasteiger partial charge is 0.162 e. The van der Waals surface area contributed by atoms with Gasteiger partial charge in [0.15, 0.2) is 11.6 Å². The molecular formula is C20H14FN5. The number of nitrogens with zero attached hydrogens (tertiary/aromatic N) is 3. The Kier molecular flexibility index (Phi) is 3.28. The monoisotopic (exact) mass is 343 g/mol. The lowest BCUT2D eigenvalue weighted by Gasteiger charge is -2.10. The third-order valence-corrected chi connectivity index (χ3v) is 4.41. The second-order valence-electron chi connectivity index (χ2n) is 6.15. The van der Waals surface area contributed by atoms with Gasteiger partial charge in [0.05, 0.1) is 12.1 Å². The summed E-state index contributed by atoms with van der Waals surface area (Å²) in [6.45, 7) is 0.735. The molecule has 0 radical (unpaired) electrons. The third-order valence-electron chi connectivity index (χ3n) is 4.41. The van der Waals surface area contributed by atoms with Gasteiger partial charge >= 0.3 is 0 Å². The van der Waals surface area contributed by atoms with Crippen molar-refractivity contribution in [1.82, 2.24) is 15.0 Å². The van der Waals surface area contributed by atoms with Crippen molar-refractivity contribution >= 4 is 28.8 Å². The molecule has 6 heteroatoms. The summed E-state index contributed by atoms with van der Waals surface area (Å²) in [7, 11) is 0. The molecule has 26 heavy (non-hydrogen) atoms. The molecule has 0 saturated carbocycles. The lowest BCUT2D eigenvalue weighted by atomic mass is 10.1. The molecule has 1 aliphatic rings. The first-order valence-electron chi connectivity index (χ1n) is 8.27. The van der Waals surface area contributed by atoms with Gasteiger partial charge in [0.2, 0.25) is 0 Å². The van der Waals surface area contributed by atoms with Crippen molar-refractivity contribution in [2.45, 2.75) is 6.54 Å². The number of halogens is 1. The second-order valence-corrected chi connectivity index (χ2v) is 6.15. The Morgan fingerprint density at radius 3 is 2.77 bits per heavy atom. The summed E-state index contributed by atoms with van der Waals surface area (Å²) in [4.78, 5) is 16.7. The van der Waals surface area contributed by atoms with E-state index in [-0.39, 0.29) is 5.82 Å². The molecule has 5 rings (SSSR count). The number of aliphatic imine (C=N–C) groups is 1. The zero-order valence-corrected chi connectivity index (χ0v) is 13.7. The van der Waals surface area contributed by atoms with Crippen LogP contribution in [0.15, 0.2) is 59.7 Å². The summed E-state index contributed by atoms with van der Waals surface area (Å²) in [5.41, 5.74) is 5.64. The zero-order valence-electron chi connectivity index (χ0n) is 13.7. The summed E-state index contributed by atoms with van der Waals surface area (Å²) in [6.07, 6.45) is 3.71. The Hall–Kier alpha value is -3.54. The van der Waals surface area contributed by atoms with Crippen LogP contribution in [0.5, 0.6) is 0 Å². The van der Waals surface area contributed by atoms with E-state index in [0.29, 0.717) is 11.6 Å². The van der Waals surface area contributed by atoms with Crippen molar-refractivity contribution in [1.29, 1.82) is 0 Å².